The molecule has 0 saturated carbocycles. The summed E-state index contributed by atoms with van der Waals surface area (Å²) in [5.74, 6) is 1.38. The third kappa shape index (κ3) is 3.59. The highest BCUT2D eigenvalue weighted by Crippen LogP contribution is 2.46. The van der Waals surface area contributed by atoms with Gasteiger partial charge < -0.3 is 9.15 Å². The maximum Gasteiger partial charge on any atom is 0.327 e. The van der Waals surface area contributed by atoms with E-state index in [1.807, 2.05) is 101 Å². The van der Waals surface area contributed by atoms with E-state index in [4.69, 9.17) is 9.15 Å². The molecule has 0 radical (unpaired) electrons. The number of carbonyl (C=O) groups is 1. The van der Waals surface area contributed by atoms with E-state index in [1.54, 1.807) is 18.3 Å². The van der Waals surface area contributed by atoms with E-state index in [9.17, 15) is 4.79 Å². The third-order valence-corrected chi connectivity index (χ3v) is 6.34. The summed E-state index contributed by atoms with van der Waals surface area (Å²) in [6.07, 6.45) is 1.13. The van der Waals surface area contributed by atoms with Gasteiger partial charge in [-0.1, -0.05) is 47.7 Å². The normalized spacial score (nSPS) is 17.9. The van der Waals surface area contributed by atoms with E-state index < -0.39 is 12.2 Å². The van der Waals surface area contributed by atoms with Crippen molar-refractivity contribution in [2.24, 2.45) is 0 Å². The van der Waals surface area contributed by atoms with Gasteiger partial charge >= 0.3 is 6.03 Å². The monoisotopic (exact) mass is 465 g/mol. The molecule has 3 heterocycles. The van der Waals surface area contributed by atoms with Crippen LogP contribution in [0.4, 0.5) is 10.5 Å². The van der Waals surface area contributed by atoms with Crippen molar-refractivity contribution in [2.75, 3.05) is 12.0 Å². The van der Waals surface area contributed by atoms with E-state index in [0.717, 1.165) is 28.0 Å². The standard InChI is InChI=1S/C27H23N5O3/c1-34-21-15-13-20(14-16-21)31-25(24-12-7-17-35-24)26(32-23-11-6-5-10-22(23)28-29-32)30(27(31)33)18-19-8-3-2-4-9-19/h2-17,25-26H,18H2,1H3/t25-,26-/m0/s1. The van der Waals surface area contributed by atoms with Crippen molar-refractivity contribution in [3.05, 3.63) is 109 Å². The number of ether oxygens (including phenoxy) is 1. The topological polar surface area (TPSA) is 76.6 Å². The Morgan fingerprint density at radius 3 is 2.43 bits per heavy atom. The van der Waals surface area contributed by atoms with Gasteiger partial charge in [-0.15, -0.1) is 5.10 Å². The highest BCUT2D eigenvalue weighted by Gasteiger charge is 2.50. The number of methoxy groups -OCH3 is 1. The molecule has 35 heavy (non-hydrogen) atoms. The third-order valence-electron chi connectivity index (χ3n) is 6.34. The molecule has 0 N–H and O–H groups in total. The lowest BCUT2D eigenvalue weighted by Gasteiger charge is -2.27. The van der Waals surface area contributed by atoms with Crippen molar-refractivity contribution in [3.8, 4) is 5.75 Å². The molecule has 1 aliphatic heterocycles. The fraction of sp³-hybridized carbons (Fsp3) is 0.148. The van der Waals surface area contributed by atoms with Crippen LogP contribution in [0.15, 0.2) is 102 Å². The number of para-hydroxylation sites is 1. The first-order valence-electron chi connectivity index (χ1n) is 11.4. The van der Waals surface area contributed by atoms with Crippen molar-refractivity contribution in [2.45, 2.75) is 18.8 Å². The maximum atomic E-state index is 14.1. The average molecular weight is 466 g/mol. The zero-order valence-electron chi connectivity index (χ0n) is 19.1. The van der Waals surface area contributed by atoms with E-state index in [1.165, 1.54) is 0 Å². The minimum Gasteiger partial charge on any atom is -0.497 e. The summed E-state index contributed by atoms with van der Waals surface area (Å²) in [5, 5.41) is 8.88. The van der Waals surface area contributed by atoms with E-state index in [-0.39, 0.29) is 6.03 Å². The van der Waals surface area contributed by atoms with Crippen LogP contribution >= 0.6 is 0 Å². The Kier molecular flexibility index (Phi) is 5.18. The van der Waals surface area contributed by atoms with Gasteiger partial charge in [0, 0.05) is 12.2 Å². The second-order valence-electron chi connectivity index (χ2n) is 8.36. The van der Waals surface area contributed by atoms with E-state index in [0.29, 0.717) is 12.3 Å². The predicted octanol–water partition coefficient (Wildman–Crippen LogP) is 5.42. The average Bonchev–Trinajstić information content (AvgIpc) is 3.64. The SMILES string of the molecule is COc1ccc(N2C(=O)N(Cc3ccccc3)[C@@H](n3nnc4ccccc43)[C@@H]2c2ccco2)cc1. The molecule has 0 unspecified atom stereocenters. The lowest BCUT2D eigenvalue weighted by Crippen LogP contribution is -2.33. The summed E-state index contributed by atoms with van der Waals surface area (Å²) in [4.78, 5) is 17.7. The lowest BCUT2D eigenvalue weighted by molar-refractivity contribution is 0.159. The van der Waals surface area contributed by atoms with Crippen LogP contribution < -0.4 is 9.64 Å². The van der Waals surface area contributed by atoms with Crippen LogP contribution in [0.3, 0.4) is 0 Å². The molecule has 2 aromatic heterocycles. The minimum absolute atomic E-state index is 0.148. The van der Waals surface area contributed by atoms with Gasteiger partial charge in [-0.25, -0.2) is 9.48 Å². The quantitative estimate of drug-likeness (QED) is 0.335. The molecule has 8 nitrogen and oxygen atoms in total. The highest BCUT2D eigenvalue weighted by atomic mass is 16.5. The van der Waals surface area contributed by atoms with Crippen LogP contribution in [0.5, 0.6) is 5.75 Å². The van der Waals surface area contributed by atoms with Crippen LogP contribution in [0.1, 0.15) is 23.5 Å². The minimum atomic E-state index is -0.497. The van der Waals surface area contributed by atoms with Gasteiger partial charge in [0.05, 0.1) is 18.9 Å². The number of urea groups is 1. The summed E-state index contributed by atoms with van der Waals surface area (Å²) in [7, 11) is 1.62. The van der Waals surface area contributed by atoms with E-state index in [2.05, 4.69) is 10.3 Å². The molecular weight excluding hydrogens is 442 g/mol. The van der Waals surface area contributed by atoms with Gasteiger partial charge in [0.1, 0.15) is 23.1 Å². The number of hydrogen-bond donors (Lipinski definition) is 0. The second kappa shape index (κ2) is 8.64. The Balaban J connectivity index is 1.54. The second-order valence-corrected chi connectivity index (χ2v) is 8.36. The summed E-state index contributed by atoms with van der Waals surface area (Å²) < 4.78 is 13.1. The Bertz CT molecular complexity index is 1450. The molecule has 174 valence electrons. The Hall–Kier alpha value is -4.59. The van der Waals surface area contributed by atoms with Gasteiger partial charge in [0.25, 0.3) is 0 Å². The first-order chi connectivity index (χ1) is 17.2. The molecule has 0 spiro atoms. The molecule has 6 rings (SSSR count). The predicted molar refractivity (Wildman–Crippen MR) is 131 cm³/mol. The molecule has 0 aliphatic carbocycles. The summed E-state index contributed by atoms with van der Waals surface area (Å²) in [6.45, 7) is 0.405. The largest absolute Gasteiger partial charge is 0.497 e. The number of aromatic nitrogens is 3. The van der Waals surface area contributed by atoms with Crippen LogP contribution in [0.25, 0.3) is 11.0 Å². The zero-order chi connectivity index (χ0) is 23.8. The fourth-order valence-electron chi connectivity index (χ4n) is 4.71. The molecule has 1 saturated heterocycles. The fourth-order valence-corrected chi connectivity index (χ4v) is 4.71. The lowest BCUT2D eigenvalue weighted by atomic mass is 10.1. The van der Waals surface area contributed by atoms with Gasteiger partial charge in [0.2, 0.25) is 0 Å². The summed E-state index contributed by atoms with van der Waals surface area (Å²) in [6, 6.07) is 28.3. The number of rotatable bonds is 6. The molecule has 2 atom stereocenters. The number of fused-ring (bicyclic) bond motifs is 1. The molecular formula is C27H23N5O3. The van der Waals surface area contributed by atoms with Gasteiger partial charge in [0.15, 0.2) is 6.17 Å². The first kappa shape index (κ1) is 21.0. The van der Waals surface area contributed by atoms with Crippen molar-refractivity contribution < 1.29 is 13.9 Å². The number of anilines is 1. The first-order valence-corrected chi connectivity index (χ1v) is 11.4. The maximum absolute atomic E-state index is 14.1. The molecule has 2 amide bonds. The van der Waals surface area contributed by atoms with E-state index >= 15 is 0 Å². The summed E-state index contributed by atoms with van der Waals surface area (Å²) >= 11 is 0. The molecule has 0 bridgehead atoms. The van der Waals surface area contributed by atoms with Gasteiger partial charge in [-0.2, -0.15) is 0 Å². The van der Waals surface area contributed by atoms with Crippen molar-refractivity contribution in [1.29, 1.82) is 0 Å². The van der Waals surface area contributed by atoms with Crippen molar-refractivity contribution in [1.82, 2.24) is 19.9 Å². The number of furan rings is 1. The Morgan fingerprint density at radius 1 is 0.914 bits per heavy atom. The molecule has 1 aliphatic rings. The number of nitrogens with zero attached hydrogens (tertiary/aromatic N) is 5. The van der Waals surface area contributed by atoms with Crippen LogP contribution in [-0.2, 0) is 6.54 Å². The van der Waals surface area contributed by atoms with Gasteiger partial charge in [-0.3, -0.25) is 9.80 Å². The van der Waals surface area contributed by atoms with Crippen molar-refractivity contribution in [3.63, 3.8) is 0 Å². The smallest absolute Gasteiger partial charge is 0.327 e. The Morgan fingerprint density at radius 2 is 1.69 bits per heavy atom. The molecule has 3 aromatic carbocycles. The van der Waals surface area contributed by atoms with Crippen LogP contribution in [0, 0.1) is 0 Å². The number of benzene rings is 3. The highest BCUT2D eigenvalue weighted by molar-refractivity contribution is 5.95. The van der Waals surface area contributed by atoms with Crippen LogP contribution in [0.2, 0.25) is 0 Å². The van der Waals surface area contributed by atoms with Crippen molar-refractivity contribution >= 4 is 22.8 Å². The van der Waals surface area contributed by atoms with Crippen LogP contribution in [-0.4, -0.2) is 33.0 Å². The molecule has 1 fully saturated rings. The molecule has 8 heteroatoms. The zero-order valence-corrected chi connectivity index (χ0v) is 19.1. The van der Waals surface area contributed by atoms with Gasteiger partial charge in [-0.05, 0) is 54.1 Å². The number of hydrogen-bond acceptors (Lipinski definition) is 5. The number of amides is 2. The Labute approximate surface area is 201 Å². The summed E-state index contributed by atoms with van der Waals surface area (Å²) in [5.41, 5.74) is 3.37. The number of carbonyl (C=O) groups excluding carboxylic acids is 1. The molecule has 5 aromatic rings.